The Labute approximate surface area is 119 Å². The van der Waals surface area contributed by atoms with Gasteiger partial charge in [-0.05, 0) is 43.5 Å². The molecule has 0 atom stereocenters. The molecule has 0 radical (unpaired) electrons. The highest BCUT2D eigenvalue weighted by Gasteiger charge is 2.09. The maximum atomic E-state index is 6.10. The molecule has 2 aromatic heterocycles. The SMILES string of the molecule is Cc1cnc(Cn2cc(C)c3ccccc32)c(C)c1N. The highest BCUT2D eigenvalue weighted by atomic mass is 15.0. The van der Waals surface area contributed by atoms with E-state index in [1.807, 2.05) is 20.0 Å². The van der Waals surface area contributed by atoms with E-state index >= 15 is 0 Å². The second kappa shape index (κ2) is 4.67. The zero-order chi connectivity index (χ0) is 14.3. The van der Waals surface area contributed by atoms with E-state index in [4.69, 9.17) is 5.73 Å². The lowest BCUT2D eigenvalue weighted by Crippen LogP contribution is -2.06. The number of hydrogen-bond acceptors (Lipinski definition) is 2. The highest BCUT2D eigenvalue weighted by Crippen LogP contribution is 2.23. The van der Waals surface area contributed by atoms with E-state index in [0.717, 1.165) is 29.1 Å². The van der Waals surface area contributed by atoms with Crippen LogP contribution in [0.5, 0.6) is 0 Å². The van der Waals surface area contributed by atoms with E-state index in [2.05, 4.69) is 46.9 Å². The van der Waals surface area contributed by atoms with Gasteiger partial charge in [-0.3, -0.25) is 4.98 Å². The Kier molecular flexibility index (Phi) is 2.97. The van der Waals surface area contributed by atoms with Crippen molar-refractivity contribution in [2.45, 2.75) is 27.3 Å². The molecule has 0 aliphatic carbocycles. The Morgan fingerprint density at radius 1 is 1.10 bits per heavy atom. The summed E-state index contributed by atoms with van der Waals surface area (Å²) < 4.78 is 2.24. The molecule has 3 rings (SSSR count). The molecule has 3 heteroatoms. The fraction of sp³-hybridized carbons (Fsp3) is 0.235. The molecule has 2 heterocycles. The average molecular weight is 265 g/mol. The summed E-state index contributed by atoms with van der Waals surface area (Å²) in [6.07, 6.45) is 4.04. The number of fused-ring (bicyclic) bond motifs is 1. The molecule has 0 amide bonds. The van der Waals surface area contributed by atoms with Gasteiger partial charge in [0.2, 0.25) is 0 Å². The third-order valence-electron chi connectivity index (χ3n) is 3.98. The summed E-state index contributed by atoms with van der Waals surface area (Å²) in [6.45, 7) is 6.94. The smallest absolute Gasteiger partial charge is 0.0652 e. The van der Waals surface area contributed by atoms with E-state index in [1.54, 1.807) is 0 Å². The number of nitrogen functional groups attached to an aromatic ring is 1. The number of nitrogens with two attached hydrogens (primary N) is 1. The van der Waals surface area contributed by atoms with Crippen LogP contribution in [0.1, 0.15) is 22.4 Å². The topological polar surface area (TPSA) is 43.8 Å². The average Bonchev–Trinajstić information content (AvgIpc) is 2.77. The van der Waals surface area contributed by atoms with Crippen LogP contribution in [0.15, 0.2) is 36.7 Å². The maximum absolute atomic E-state index is 6.10. The molecule has 0 unspecified atom stereocenters. The van der Waals surface area contributed by atoms with Crippen molar-refractivity contribution in [1.29, 1.82) is 0 Å². The maximum Gasteiger partial charge on any atom is 0.0652 e. The van der Waals surface area contributed by atoms with E-state index in [-0.39, 0.29) is 0 Å². The minimum atomic E-state index is 0.755. The number of aromatic nitrogens is 2. The van der Waals surface area contributed by atoms with Crippen LogP contribution in [-0.4, -0.2) is 9.55 Å². The van der Waals surface area contributed by atoms with Gasteiger partial charge in [0.05, 0.1) is 12.2 Å². The minimum absolute atomic E-state index is 0.755. The summed E-state index contributed by atoms with van der Waals surface area (Å²) in [6, 6.07) is 8.45. The predicted octanol–water partition coefficient (Wildman–Crippen LogP) is 3.59. The molecule has 3 nitrogen and oxygen atoms in total. The molecule has 20 heavy (non-hydrogen) atoms. The van der Waals surface area contributed by atoms with Crippen LogP contribution < -0.4 is 5.73 Å². The molecule has 0 bridgehead atoms. The largest absolute Gasteiger partial charge is 0.398 e. The molecule has 0 aliphatic rings. The third-order valence-corrected chi connectivity index (χ3v) is 3.98. The molecular weight excluding hydrogens is 246 g/mol. The van der Waals surface area contributed by atoms with E-state index < -0.39 is 0 Å². The second-order valence-electron chi connectivity index (χ2n) is 5.38. The van der Waals surface area contributed by atoms with Crippen LogP contribution in [0.2, 0.25) is 0 Å². The van der Waals surface area contributed by atoms with Crippen LogP contribution in [0, 0.1) is 20.8 Å². The van der Waals surface area contributed by atoms with Crippen molar-refractivity contribution in [3.05, 3.63) is 59.0 Å². The van der Waals surface area contributed by atoms with Crippen LogP contribution in [-0.2, 0) is 6.54 Å². The fourth-order valence-corrected chi connectivity index (χ4v) is 2.67. The van der Waals surface area contributed by atoms with Crippen LogP contribution in [0.25, 0.3) is 10.9 Å². The molecule has 0 spiro atoms. The van der Waals surface area contributed by atoms with Crippen molar-refractivity contribution < 1.29 is 0 Å². The van der Waals surface area contributed by atoms with Crippen molar-refractivity contribution in [2.24, 2.45) is 0 Å². The van der Waals surface area contributed by atoms with Crippen LogP contribution >= 0.6 is 0 Å². The van der Waals surface area contributed by atoms with Gasteiger partial charge in [0.25, 0.3) is 0 Å². The Balaban J connectivity index is 2.08. The van der Waals surface area contributed by atoms with Gasteiger partial charge >= 0.3 is 0 Å². The zero-order valence-corrected chi connectivity index (χ0v) is 12.1. The van der Waals surface area contributed by atoms with Gasteiger partial charge in [-0.2, -0.15) is 0 Å². The van der Waals surface area contributed by atoms with Crippen molar-refractivity contribution in [3.63, 3.8) is 0 Å². The molecule has 0 aliphatic heterocycles. The number of nitrogens with zero attached hydrogens (tertiary/aromatic N) is 2. The Hall–Kier alpha value is -2.29. The van der Waals surface area contributed by atoms with Crippen molar-refractivity contribution in [2.75, 3.05) is 5.73 Å². The molecule has 1 aromatic carbocycles. The summed E-state index contributed by atoms with van der Waals surface area (Å²) in [7, 11) is 0. The van der Waals surface area contributed by atoms with Crippen LogP contribution in [0.3, 0.4) is 0 Å². The standard InChI is InChI=1S/C17H19N3/c1-11-8-19-15(13(3)17(11)18)10-20-9-12(2)14-6-4-5-7-16(14)20/h4-9H,10H2,1-3H3,(H2,18,19). The Morgan fingerprint density at radius 2 is 1.85 bits per heavy atom. The first kappa shape index (κ1) is 12.7. The molecule has 102 valence electrons. The molecule has 3 aromatic rings. The van der Waals surface area contributed by atoms with Crippen molar-refractivity contribution >= 4 is 16.6 Å². The summed E-state index contributed by atoms with van der Waals surface area (Å²) in [4.78, 5) is 4.55. The first-order chi connectivity index (χ1) is 9.58. The number of hydrogen-bond donors (Lipinski definition) is 1. The molecule has 0 saturated heterocycles. The molecular formula is C17H19N3. The normalized spacial score (nSPS) is 11.2. The summed E-state index contributed by atoms with van der Waals surface area (Å²) in [5.41, 5.74) is 12.6. The van der Waals surface area contributed by atoms with Gasteiger partial charge < -0.3 is 10.3 Å². The summed E-state index contributed by atoms with van der Waals surface area (Å²) >= 11 is 0. The van der Waals surface area contributed by atoms with Gasteiger partial charge in [-0.25, -0.2) is 0 Å². The first-order valence-electron chi connectivity index (χ1n) is 6.83. The van der Waals surface area contributed by atoms with Gasteiger partial charge in [-0.1, -0.05) is 18.2 Å². The number of rotatable bonds is 2. The predicted molar refractivity (Wildman–Crippen MR) is 83.9 cm³/mol. The lowest BCUT2D eigenvalue weighted by atomic mass is 10.1. The number of aryl methyl sites for hydroxylation is 2. The van der Waals surface area contributed by atoms with Gasteiger partial charge in [0.1, 0.15) is 0 Å². The first-order valence-corrected chi connectivity index (χ1v) is 6.83. The van der Waals surface area contributed by atoms with E-state index in [9.17, 15) is 0 Å². The molecule has 0 fully saturated rings. The minimum Gasteiger partial charge on any atom is -0.398 e. The fourth-order valence-electron chi connectivity index (χ4n) is 2.67. The van der Waals surface area contributed by atoms with E-state index in [0.29, 0.717) is 0 Å². The summed E-state index contributed by atoms with van der Waals surface area (Å²) in [5.74, 6) is 0. The second-order valence-corrected chi connectivity index (χ2v) is 5.38. The van der Waals surface area contributed by atoms with Gasteiger partial charge in [-0.15, -0.1) is 0 Å². The number of pyridine rings is 1. The summed E-state index contributed by atoms with van der Waals surface area (Å²) in [5, 5.41) is 1.30. The van der Waals surface area contributed by atoms with Crippen molar-refractivity contribution in [3.8, 4) is 0 Å². The third kappa shape index (κ3) is 1.95. The monoisotopic (exact) mass is 265 g/mol. The molecule has 0 saturated carbocycles. The van der Waals surface area contributed by atoms with Crippen molar-refractivity contribution in [1.82, 2.24) is 9.55 Å². The lowest BCUT2D eigenvalue weighted by Gasteiger charge is -2.11. The number of anilines is 1. The van der Waals surface area contributed by atoms with E-state index in [1.165, 1.54) is 16.5 Å². The van der Waals surface area contributed by atoms with Gasteiger partial charge in [0, 0.05) is 29.0 Å². The van der Waals surface area contributed by atoms with Crippen LogP contribution in [0.4, 0.5) is 5.69 Å². The lowest BCUT2D eigenvalue weighted by molar-refractivity contribution is 0.797. The Bertz CT molecular complexity index is 784. The highest BCUT2D eigenvalue weighted by molar-refractivity contribution is 5.83. The zero-order valence-electron chi connectivity index (χ0n) is 12.1. The Morgan fingerprint density at radius 3 is 2.65 bits per heavy atom. The van der Waals surface area contributed by atoms with Gasteiger partial charge in [0.15, 0.2) is 0 Å². The number of para-hydroxylation sites is 1. The number of benzene rings is 1. The quantitative estimate of drug-likeness (QED) is 0.769. The molecule has 2 N–H and O–H groups in total.